The SMILES string of the molecule is O=C1CC=Cc2cccnc21.[Cu]. The Hall–Kier alpha value is -0.921. The third-order valence-electron chi connectivity index (χ3n) is 1.70. The summed E-state index contributed by atoms with van der Waals surface area (Å²) in [4.78, 5) is 15.2. The molecule has 0 amide bonds. The summed E-state index contributed by atoms with van der Waals surface area (Å²) >= 11 is 0. The second-order valence-electron chi connectivity index (χ2n) is 2.47. The molecule has 2 rings (SSSR count). The molecular formula is C9H7CuNO. The third kappa shape index (κ3) is 1.47. The first-order valence-electron chi connectivity index (χ1n) is 3.53. The van der Waals surface area contributed by atoms with E-state index in [9.17, 15) is 4.79 Å². The zero-order chi connectivity index (χ0) is 7.68. The van der Waals surface area contributed by atoms with Crippen molar-refractivity contribution in [2.24, 2.45) is 0 Å². The molecule has 0 bridgehead atoms. The zero-order valence-electron chi connectivity index (χ0n) is 6.25. The normalized spacial score (nSPS) is 13.5. The molecule has 1 aliphatic rings. The molecule has 0 saturated heterocycles. The predicted molar refractivity (Wildman–Crippen MR) is 42.2 cm³/mol. The van der Waals surface area contributed by atoms with Crippen molar-refractivity contribution in [3.05, 3.63) is 35.7 Å². The monoisotopic (exact) mass is 208 g/mol. The van der Waals surface area contributed by atoms with E-state index in [2.05, 4.69) is 4.98 Å². The minimum atomic E-state index is 0. The number of hydrogen-bond acceptors (Lipinski definition) is 2. The first kappa shape index (κ1) is 9.17. The Balaban J connectivity index is 0.000000720. The van der Waals surface area contributed by atoms with Crippen LogP contribution in [0.5, 0.6) is 0 Å². The Morgan fingerprint density at radius 1 is 1.42 bits per heavy atom. The largest absolute Gasteiger partial charge is 0.292 e. The Kier molecular flexibility index (Phi) is 2.79. The molecule has 0 N–H and O–H groups in total. The molecule has 0 aliphatic heterocycles. The second kappa shape index (κ2) is 3.65. The number of Topliss-reactive ketones (excluding diaryl/α,β-unsaturated/α-hetero) is 1. The van der Waals surface area contributed by atoms with Crippen LogP contribution < -0.4 is 0 Å². The van der Waals surface area contributed by atoms with Crippen molar-refractivity contribution in [1.82, 2.24) is 4.98 Å². The average Bonchev–Trinajstić information content (AvgIpc) is 2.06. The van der Waals surface area contributed by atoms with Crippen molar-refractivity contribution in [2.75, 3.05) is 0 Å². The maximum atomic E-state index is 11.2. The Morgan fingerprint density at radius 2 is 2.25 bits per heavy atom. The number of carbonyl (C=O) groups excluding carboxylic acids is 1. The van der Waals surface area contributed by atoms with Crippen molar-refractivity contribution >= 4 is 11.9 Å². The van der Waals surface area contributed by atoms with Gasteiger partial charge in [0.25, 0.3) is 0 Å². The average molecular weight is 209 g/mol. The fourth-order valence-corrected chi connectivity index (χ4v) is 1.17. The van der Waals surface area contributed by atoms with Gasteiger partial charge in [0.1, 0.15) is 5.69 Å². The van der Waals surface area contributed by atoms with Crippen molar-refractivity contribution in [1.29, 1.82) is 0 Å². The van der Waals surface area contributed by atoms with Gasteiger partial charge in [-0.05, 0) is 6.07 Å². The van der Waals surface area contributed by atoms with E-state index in [1.54, 1.807) is 6.20 Å². The van der Waals surface area contributed by atoms with E-state index in [1.165, 1.54) is 0 Å². The van der Waals surface area contributed by atoms with Crippen LogP contribution in [-0.4, -0.2) is 10.8 Å². The fourth-order valence-electron chi connectivity index (χ4n) is 1.17. The van der Waals surface area contributed by atoms with Gasteiger partial charge in [-0.25, -0.2) is 0 Å². The first-order valence-corrected chi connectivity index (χ1v) is 3.53. The number of hydrogen-bond donors (Lipinski definition) is 0. The van der Waals surface area contributed by atoms with Crippen LogP contribution in [0.1, 0.15) is 22.5 Å². The van der Waals surface area contributed by atoms with Crippen LogP contribution in [0.15, 0.2) is 24.4 Å². The van der Waals surface area contributed by atoms with E-state index in [-0.39, 0.29) is 22.9 Å². The molecule has 0 unspecified atom stereocenters. The molecule has 1 heterocycles. The van der Waals surface area contributed by atoms with Crippen molar-refractivity contribution in [3.63, 3.8) is 0 Å². The number of aromatic nitrogens is 1. The van der Waals surface area contributed by atoms with Crippen molar-refractivity contribution in [2.45, 2.75) is 6.42 Å². The number of fused-ring (bicyclic) bond motifs is 1. The van der Waals surface area contributed by atoms with Gasteiger partial charge in [-0.2, -0.15) is 0 Å². The summed E-state index contributed by atoms with van der Waals surface area (Å²) in [6.07, 6.45) is 5.94. The van der Waals surface area contributed by atoms with Crippen molar-refractivity contribution in [3.8, 4) is 0 Å². The van der Waals surface area contributed by atoms with Gasteiger partial charge in [0.2, 0.25) is 0 Å². The van der Waals surface area contributed by atoms with Gasteiger partial charge in [-0.15, -0.1) is 0 Å². The Morgan fingerprint density at radius 3 is 3.00 bits per heavy atom. The molecule has 1 radical (unpaired) electrons. The summed E-state index contributed by atoms with van der Waals surface area (Å²) in [7, 11) is 0. The van der Waals surface area contributed by atoms with E-state index >= 15 is 0 Å². The molecule has 2 nitrogen and oxygen atoms in total. The summed E-state index contributed by atoms with van der Waals surface area (Å²) in [5.41, 5.74) is 1.54. The summed E-state index contributed by atoms with van der Waals surface area (Å²) in [6, 6.07) is 3.73. The molecule has 1 aromatic heterocycles. The van der Waals surface area contributed by atoms with Gasteiger partial charge in [0, 0.05) is 35.2 Å². The quantitative estimate of drug-likeness (QED) is 0.608. The molecule has 0 atom stereocenters. The molecule has 0 fully saturated rings. The second-order valence-corrected chi connectivity index (χ2v) is 2.47. The minimum Gasteiger partial charge on any atom is -0.292 e. The van der Waals surface area contributed by atoms with E-state index in [4.69, 9.17) is 0 Å². The molecule has 1 aliphatic carbocycles. The van der Waals surface area contributed by atoms with Crippen LogP contribution in [0, 0.1) is 0 Å². The molecule has 65 valence electrons. The van der Waals surface area contributed by atoms with Gasteiger partial charge in [0.15, 0.2) is 5.78 Å². The Bertz CT molecular complexity index is 333. The fraction of sp³-hybridized carbons (Fsp3) is 0.111. The Labute approximate surface area is 81.2 Å². The van der Waals surface area contributed by atoms with Crippen LogP contribution in [0.3, 0.4) is 0 Å². The molecule has 3 heteroatoms. The summed E-state index contributed by atoms with van der Waals surface area (Å²) in [6.45, 7) is 0. The number of rotatable bonds is 0. The summed E-state index contributed by atoms with van der Waals surface area (Å²) in [5, 5.41) is 0. The smallest absolute Gasteiger partial charge is 0.185 e. The standard InChI is InChI=1S/C9H7NO.Cu/c11-8-5-1-3-7-4-2-6-10-9(7)8;/h1-4,6H,5H2;. The van der Waals surface area contributed by atoms with Gasteiger partial charge >= 0.3 is 0 Å². The summed E-state index contributed by atoms with van der Waals surface area (Å²) < 4.78 is 0. The van der Waals surface area contributed by atoms with Gasteiger partial charge in [0.05, 0.1) is 0 Å². The van der Waals surface area contributed by atoms with Gasteiger partial charge in [-0.1, -0.05) is 18.2 Å². The third-order valence-corrected chi connectivity index (χ3v) is 1.70. The maximum absolute atomic E-state index is 11.2. The van der Waals surface area contributed by atoms with E-state index in [0.717, 1.165) is 5.56 Å². The number of ketones is 1. The zero-order valence-corrected chi connectivity index (χ0v) is 7.19. The molecule has 0 spiro atoms. The van der Waals surface area contributed by atoms with Crippen LogP contribution in [0.25, 0.3) is 6.08 Å². The topological polar surface area (TPSA) is 30.0 Å². The maximum Gasteiger partial charge on any atom is 0.185 e. The molecular weight excluding hydrogens is 202 g/mol. The van der Waals surface area contributed by atoms with Crippen LogP contribution in [0.2, 0.25) is 0 Å². The van der Waals surface area contributed by atoms with E-state index in [0.29, 0.717) is 12.1 Å². The molecule has 0 aromatic carbocycles. The van der Waals surface area contributed by atoms with Gasteiger partial charge in [-0.3, -0.25) is 9.78 Å². The minimum absolute atomic E-state index is 0. The van der Waals surface area contributed by atoms with E-state index in [1.807, 2.05) is 24.3 Å². The number of pyridine rings is 1. The number of carbonyl (C=O) groups is 1. The predicted octanol–water partition coefficient (Wildman–Crippen LogP) is 1.68. The molecule has 0 saturated carbocycles. The number of allylic oxidation sites excluding steroid dienone is 1. The van der Waals surface area contributed by atoms with Crippen LogP contribution in [0.4, 0.5) is 0 Å². The van der Waals surface area contributed by atoms with Gasteiger partial charge < -0.3 is 0 Å². The van der Waals surface area contributed by atoms with Crippen LogP contribution in [-0.2, 0) is 17.1 Å². The molecule has 1 aromatic rings. The van der Waals surface area contributed by atoms with E-state index < -0.39 is 0 Å². The number of nitrogens with zero attached hydrogens (tertiary/aromatic N) is 1. The molecule has 12 heavy (non-hydrogen) atoms. The first-order chi connectivity index (χ1) is 5.38. The summed E-state index contributed by atoms with van der Waals surface area (Å²) in [5.74, 6) is 0.114. The van der Waals surface area contributed by atoms with Crippen LogP contribution >= 0.6 is 0 Å². The van der Waals surface area contributed by atoms with Crippen molar-refractivity contribution < 1.29 is 21.9 Å².